The highest BCUT2D eigenvalue weighted by atomic mass is 35.5. The van der Waals surface area contributed by atoms with Crippen LogP contribution in [0.2, 0.25) is 5.02 Å². The van der Waals surface area contributed by atoms with E-state index in [4.69, 9.17) is 17.3 Å². The molecule has 1 aliphatic rings. The normalized spacial score (nSPS) is 18.4. The van der Waals surface area contributed by atoms with Gasteiger partial charge in [-0.3, -0.25) is 4.79 Å². The molecule has 0 aliphatic heterocycles. The van der Waals surface area contributed by atoms with Crippen molar-refractivity contribution >= 4 is 23.2 Å². The van der Waals surface area contributed by atoms with Gasteiger partial charge >= 0.3 is 0 Å². The van der Waals surface area contributed by atoms with Gasteiger partial charge in [0.15, 0.2) is 0 Å². The average Bonchev–Trinajstić information content (AvgIpc) is 2.68. The van der Waals surface area contributed by atoms with Gasteiger partial charge in [-0.2, -0.15) is 0 Å². The minimum absolute atomic E-state index is 0.0623. The van der Waals surface area contributed by atoms with Crippen LogP contribution in [0.15, 0.2) is 18.2 Å². The van der Waals surface area contributed by atoms with Crippen LogP contribution in [-0.2, 0) is 4.79 Å². The van der Waals surface area contributed by atoms with Crippen LogP contribution in [-0.4, -0.2) is 12.5 Å². The zero-order valence-electron chi connectivity index (χ0n) is 12.0. The molecule has 20 heavy (non-hydrogen) atoms. The molecule has 0 bridgehead atoms. The third kappa shape index (κ3) is 3.33. The topological polar surface area (TPSA) is 55.1 Å². The Morgan fingerprint density at radius 2 is 1.95 bits per heavy atom. The summed E-state index contributed by atoms with van der Waals surface area (Å²) in [6.07, 6.45) is 6.36. The number of carbonyl (C=O) groups excluding carboxylic acids is 1. The predicted molar refractivity (Wildman–Crippen MR) is 84.0 cm³/mol. The Kier molecular flexibility index (Phi) is 5.06. The summed E-state index contributed by atoms with van der Waals surface area (Å²) < 4.78 is 0. The minimum atomic E-state index is -0.400. The Morgan fingerprint density at radius 3 is 2.50 bits per heavy atom. The first-order chi connectivity index (χ1) is 9.57. The lowest BCUT2D eigenvalue weighted by molar-refractivity contribution is -0.125. The summed E-state index contributed by atoms with van der Waals surface area (Å²) in [5.74, 6) is 0.0623. The fraction of sp³-hybridized carbons (Fsp3) is 0.562. The first-order valence-corrected chi connectivity index (χ1v) is 7.73. The number of carbonyl (C=O) groups is 1. The van der Waals surface area contributed by atoms with Gasteiger partial charge in [0.2, 0.25) is 5.91 Å². The molecular weight excluding hydrogens is 272 g/mol. The molecule has 1 aromatic rings. The van der Waals surface area contributed by atoms with Gasteiger partial charge in [-0.25, -0.2) is 0 Å². The largest absolute Gasteiger partial charge is 0.329 e. The molecule has 3 N–H and O–H groups in total. The highest BCUT2D eigenvalue weighted by molar-refractivity contribution is 6.30. The lowest BCUT2D eigenvalue weighted by atomic mass is 9.79. The maximum atomic E-state index is 12.7. The van der Waals surface area contributed by atoms with E-state index in [1.807, 2.05) is 19.1 Å². The zero-order valence-corrected chi connectivity index (χ0v) is 12.8. The molecule has 0 heterocycles. The first-order valence-electron chi connectivity index (χ1n) is 7.35. The van der Waals surface area contributed by atoms with Crippen LogP contribution in [0.3, 0.4) is 0 Å². The molecule has 1 amide bonds. The molecule has 3 nitrogen and oxygen atoms in total. The number of hydrogen-bond acceptors (Lipinski definition) is 2. The molecular formula is C16H23ClN2O. The van der Waals surface area contributed by atoms with Crippen LogP contribution in [0, 0.1) is 12.3 Å². The van der Waals surface area contributed by atoms with Crippen molar-refractivity contribution in [3.8, 4) is 0 Å². The molecule has 1 aliphatic carbocycles. The second kappa shape index (κ2) is 6.59. The molecule has 1 fully saturated rings. The summed E-state index contributed by atoms with van der Waals surface area (Å²) in [4.78, 5) is 12.7. The second-order valence-electron chi connectivity index (χ2n) is 5.81. The van der Waals surface area contributed by atoms with Gasteiger partial charge in [0.25, 0.3) is 0 Å². The van der Waals surface area contributed by atoms with Crippen molar-refractivity contribution in [1.82, 2.24) is 0 Å². The Labute approximate surface area is 125 Å². The van der Waals surface area contributed by atoms with E-state index >= 15 is 0 Å². The zero-order chi connectivity index (χ0) is 14.6. The van der Waals surface area contributed by atoms with E-state index in [9.17, 15) is 4.79 Å². The van der Waals surface area contributed by atoms with Crippen LogP contribution < -0.4 is 11.1 Å². The Bertz CT molecular complexity index is 479. The van der Waals surface area contributed by atoms with E-state index in [0.717, 1.165) is 36.9 Å². The van der Waals surface area contributed by atoms with Crippen molar-refractivity contribution in [3.05, 3.63) is 28.8 Å². The number of rotatable bonds is 3. The molecule has 2 rings (SSSR count). The maximum Gasteiger partial charge on any atom is 0.231 e. The minimum Gasteiger partial charge on any atom is -0.329 e. The van der Waals surface area contributed by atoms with Gasteiger partial charge in [-0.15, -0.1) is 0 Å². The van der Waals surface area contributed by atoms with Crippen LogP contribution in [0.5, 0.6) is 0 Å². The van der Waals surface area contributed by atoms with E-state index < -0.39 is 5.41 Å². The monoisotopic (exact) mass is 294 g/mol. The van der Waals surface area contributed by atoms with Gasteiger partial charge in [0.1, 0.15) is 0 Å². The molecule has 4 heteroatoms. The highest BCUT2D eigenvalue weighted by Crippen LogP contribution is 2.35. The Hall–Kier alpha value is -1.06. The summed E-state index contributed by atoms with van der Waals surface area (Å²) in [5.41, 5.74) is 7.35. The van der Waals surface area contributed by atoms with Crippen LogP contribution in [0.1, 0.15) is 44.1 Å². The molecule has 0 aromatic heterocycles. The van der Waals surface area contributed by atoms with Gasteiger partial charge in [0.05, 0.1) is 5.41 Å². The molecule has 0 radical (unpaired) electrons. The predicted octanol–water partition coefficient (Wildman–Crippen LogP) is 3.89. The molecule has 0 spiro atoms. The summed E-state index contributed by atoms with van der Waals surface area (Å²) in [5, 5.41) is 3.73. The standard InChI is InChI=1S/C16H23ClN2O/c1-12-10-13(17)6-7-14(12)19-15(20)16(11-18)8-4-2-3-5-9-16/h6-7,10H,2-5,8-9,11,18H2,1H3,(H,19,20). The SMILES string of the molecule is Cc1cc(Cl)ccc1NC(=O)C1(CN)CCCCCC1. The maximum absolute atomic E-state index is 12.7. The number of anilines is 1. The van der Waals surface area contributed by atoms with Crippen molar-refractivity contribution in [1.29, 1.82) is 0 Å². The van der Waals surface area contributed by atoms with Crippen LogP contribution >= 0.6 is 11.6 Å². The number of nitrogens with one attached hydrogen (secondary N) is 1. The van der Waals surface area contributed by atoms with E-state index in [0.29, 0.717) is 11.6 Å². The summed E-state index contributed by atoms with van der Waals surface area (Å²) >= 11 is 5.95. The van der Waals surface area contributed by atoms with Gasteiger partial charge in [-0.05, 0) is 43.5 Å². The van der Waals surface area contributed by atoms with E-state index in [-0.39, 0.29) is 5.91 Å². The lowest BCUT2D eigenvalue weighted by Crippen LogP contribution is -2.42. The van der Waals surface area contributed by atoms with Crippen molar-refractivity contribution in [3.63, 3.8) is 0 Å². The van der Waals surface area contributed by atoms with Crippen molar-refractivity contribution in [2.24, 2.45) is 11.1 Å². The molecule has 1 aromatic carbocycles. The number of hydrogen-bond donors (Lipinski definition) is 2. The molecule has 110 valence electrons. The van der Waals surface area contributed by atoms with Crippen molar-refractivity contribution in [2.75, 3.05) is 11.9 Å². The Morgan fingerprint density at radius 1 is 1.30 bits per heavy atom. The molecule has 0 saturated heterocycles. The second-order valence-corrected chi connectivity index (χ2v) is 6.25. The molecule has 0 unspecified atom stereocenters. The van der Waals surface area contributed by atoms with Crippen molar-refractivity contribution < 1.29 is 4.79 Å². The molecule has 1 saturated carbocycles. The summed E-state index contributed by atoms with van der Waals surface area (Å²) in [6.45, 7) is 2.37. The smallest absolute Gasteiger partial charge is 0.231 e. The average molecular weight is 295 g/mol. The van der Waals surface area contributed by atoms with Gasteiger partial charge in [0, 0.05) is 17.3 Å². The number of nitrogens with two attached hydrogens (primary N) is 1. The van der Waals surface area contributed by atoms with Crippen LogP contribution in [0.4, 0.5) is 5.69 Å². The summed E-state index contributed by atoms with van der Waals surface area (Å²) in [7, 11) is 0. The Balaban J connectivity index is 2.16. The van der Waals surface area contributed by atoms with E-state index in [2.05, 4.69) is 5.32 Å². The van der Waals surface area contributed by atoms with Crippen molar-refractivity contribution in [2.45, 2.75) is 45.4 Å². The van der Waals surface area contributed by atoms with Crippen LogP contribution in [0.25, 0.3) is 0 Å². The van der Waals surface area contributed by atoms with Gasteiger partial charge < -0.3 is 11.1 Å². The van der Waals surface area contributed by atoms with Gasteiger partial charge in [-0.1, -0.05) is 37.3 Å². The van der Waals surface area contributed by atoms with E-state index in [1.165, 1.54) is 12.8 Å². The molecule has 0 atom stereocenters. The number of amides is 1. The lowest BCUT2D eigenvalue weighted by Gasteiger charge is -2.30. The fourth-order valence-corrected chi connectivity index (χ4v) is 3.18. The quantitative estimate of drug-likeness (QED) is 0.831. The van der Waals surface area contributed by atoms with E-state index in [1.54, 1.807) is 6.07 Å². The first kappa shape index (κ1) is 15.3. The number of aryl methyl sites for hydroxylation is 1. The fourth-order valence-electron chi connectivity index (χ4n) is 2.95. The number of benzene rings is 1. The third-order valence-corrected chi connectivity index (χ3v) is 4.60. The highest BCUT2D eigenvalue weighted by Gasteiger charge is 2.37. The summed E-state index contributed by atoms with van der Waals surface area (Å²) in [6, 6.07) is 5.52. The third-order valence-electron chi connectivity index (χ3n) is 4.37. The number of halogens is 1.